The van der Waals surface area contributed by atoms with Crippen molar-refractivity contribution in [3.8, 4) is 0 Å². The predicted molar refractivity (Wildman–Crippen MR) is 62.5 cm³/mol. The maximum Gasteiger partial charge on any atom is 0.0719 e. The van der Waals surface area contributed by atoms with Crippen molar-refractivity contribution >= 4 is 0 Å². The fourth-order valence-electron chi connectivity index (χ4n) is 1.10. The number of hydrogen-bond donors (Lipinski definition) is 0. The molecule has 0 aromatic heterocycles. The third kappa shape index (κ3) is 5.03. The van der Waals surface area contributed by atoms with Crippen molar-refractivity contribution in [2.45, 2.75) is 40.7 Å². The van der Waals surface area contributed by atoms with E-state index in [4.69, 9.17) is 4.74 Å². The van der Waals surface area contributed by atoms with Crippen LogP contribution in [0.25, 0.3) is 0 Å². The largest absolute Gasteiger partial charge is 0.377 e. The van der Waals surface area contributed by atoms with Gasteiger partial charge in [-0.1, -0.05) is 45.0 Å². The number of rotatable bonds is 4. The van der Waals surface area contributed by atoms with Crippen LogP contribution in [0.2, 0.25) is 0 Å². The van der Waals surface area contributed by atoms with E-state index in [2.05, 4.69) is 38.1 Å². The molecule has 0 saturated carbocycles. The van der Waals surface area contributed by atoms with Crippen LogP contribution in [-0.2, 0) is 11.3 Å². The Morgan fingerprint density at radius 1 is 1.14 bits per heavy atom. The molecule has 1 aromatic carbocycles. The Morgan fingerprint density at radius 3 is 2.36 bits per heavy atom. The summed E-state index contributed by atoms with van der Waals surface area (Å²) in [5, 5.41) is 0. The van der Waals surface area contributed by atoms with Gasteiger partial charge >= 0.3 is 0 Å². The van der Waals surface area contributed by atoms with E-state index in [9.17, 15) is 0 Å². The minimum atomic E-state index is 0.751. The van der Waals surface area contributed by atoms with E-state index in [0.29, 0.717) is 0 Å². The lowest BCUT2D eigenvalue weighted by Gasteiger charge is -2.05. The highest BCUT2D eigenvalue weighted by atomic mass is 16.5. The second-order valence-corrected chi connectivity index (χ2v) is 2.98. The number of aryl methyl sites for hydroxylation is 1. The zero-order valence-electron chi connectivity index (χ0n) is 9.84. The molecule has 0 aliphatic carbocycles. The van der Waals surface area contributed by atoms with Crippen LogP contribution in [0, 0.1) is 6.92 Å². The highest BCUT2D eigenvalue weighted by Crippen LogP contribution is 2.07. The average molecular weight is 194 g/mol. The minimum Gasteiger partial charge on any atom is -0.377 e. The summed E-state index contributed by atoms with van der Waals surface area (Å²) in [5.74, 6) is 0. The van der Waals surface area contributed by atoms with Crippen molar-refractivity contribution in [1.29, 1.82) is 0 Å². The Kier molecular flexibility index (Phi) is 8.25. The zero-order chi connectivity index (χ0) is 10.8. The van der Waals surface area contributed by atoms with Gasteiger partial charge in [0.1, 0.15) is 0 Å². The first-order valence-electron chi connectivity index (χ1n) is 5.47. The Hall–Kier alpha value is -0.820. The van der Waals surface area contributed by atoms with Crippen LogP contribution >= 0.6 is 0 Å². The maximum atomic E-state index is 5.45. The second-order valence-electron chi connectivity index (χ2n) is 2.98. The highest BCUT2D eigenvalue weighted by molar-refractivity contribution is 5.24. The van der Waals surface area contributed by atoms with E-state index in [-0.39, 0.29) is 0 Å². The molecule has 0 bridgehead atoms. The third-order valence-corrected chi connectivity index (χ3v) is 1.87. The highest BCUT2D eigenvalue weighted by Gasteiger charge is 1.95. The van der Waals surface area contributed by atoms with Crippen molar-refractivity contribution < 1.29 is 4.74 Å². The molecule has 0 heterocycles. The van der Waals surface area contributed by atoms with Gasteiger partial charge in [-0.2, -0.15) is 0 Å². The molecule has 0 amide bonds. The Bertz CT molecular complexity index is 230. The lowest BCUT2D eigenvalue weighted by Crippen LogP contribution is -1.95. The molecule has 0 saturated heterocycles. The molecule has 0 N–H and O–H groups in total. The fourth-order valence-corrected chi connectivity index (χ4v) is 1.10. The van der Waals surface area contributed by atoms with Crippen molar-refractivity contribution in [3.05, 3.63) is 35.4 Å². The van der Waals surface area contributed by atoms with E-state index in [1.54, 1.807) is 0 Å². The summed E-state index contributed by atoms with van der Waals surface area (Å²) in [5.41, 5.74) is 2.61. The number of ether oxygens (including phenoxy) is 1. The molecule has 0 atom stereocenters. The average Bonchev–Trinajstić information content (AvgIpc) is 2.24. The third-order valence-electron chi connectivity index (χ3n) is 1.87. The van der Waals surface area contributed by atoms with E-state index in [0.717, 1.165) is 19.6 Å². The Balaban J connectivity index is 0.000000791. The Labute approximate surface area is 88.1 Å². The van der Waals surface area contributed by atoms with Gasteiger partial charge < -0.3 is 4.74 Å². The summed E-state index contributed by atoms with van der Waals surface area (Å²) in [6.45, 7) is 9.84. The molecule has 1 rings (SSSR count). The van der Waals surface area contributed by atoms with Crippen molar-refractivity contribution in [2.75, 3.05) is 6.61 Å². The predicted octanol–water partition coefficient (Wildman–Crippen LogP) is 3.95. The summed E-state index contributed by atoms with van der Waals surface area (Å²) in [6.07, 6.45) is 1.09. The van der Waals surface area contributed by atoms with Crippen LogP contribution in [0.3, 0.4) is 0 Å². The van der Waals surface area contributed by atoms with Gasteiger partial charge in [-0.25, -0.2) is 0 Å². The molecule has 1 nitrogen and oxygen atoms in total. The van der Waals surface area contributed by atoms with Gasteiger partial charge in [-0.15, -0.1) is 0 Å². The maximum absolute atomic E-state index is 5.45. The standard InChI is InChI=1S/C11H16O.C2H6/c1-3-8-12-9-11-7-5-4-6-10(11)2;1-2/h4-7H,3,8-9H2,1-2H3;1-2H3. The minimum absolute atomic E-state index is 0.751. The van der Waals surface area contributed by atoms with Crippen LogP contribution in [0.1, 0.15) is 38.3 Å². The molecule has 80 valence electrons. The number of hydrogen-bond acceptors (Lipinski definition) is 1. The molecular weight excluding hydrogens is 172 g/mol. The molecule has 1 heteroatoms. The lowest BCUT2D eigenvalue weighted by atomic mass is 10.1. The Morgan fingerprint density at radius 2 is 1.79 bits per heavy atom. The fraction of sp³-hybridized carbons (Fsp3) is 0.538. The second kappa shape index (κ2) is 8.76. The van der Waals surface area contributed by atoms with Gasteiger partial charge in [-0.3, -0.25) is 0 Å². The molecule has 0 unspecified atom stereocenters. The van der Waals surface area contributed by atoms with Gasteiger partial charge in [-0.05, 0) is 24.5 Å². The zero-order valence-corrected chi connectivity index (χ0v) is 9.84. The molecular formula is C13H22O. The smallest absolute Gasteiger partial charge is 0.0719 e. The van der Waals surface area contributed by atoms with Crippen LogP contribution in [0.4, 0.5) is 0 Å². The molecule has 0 spiro atoms. The monoisotopic (exact) mass is 194 g/mol. The summed E-state index contributed by atoms with van der Waals surface area (Å²) < 4.78 is 5.45. The SMILES string of the molecule is CC.CCCOCc1ccccc1C. The summed E-state index contributed by atoms with van der Waals surface area (Å²) >= 11 is 0. The molecule has 0 aliphatic rings. The molecule has 0 fully saturated rings. The number of benzene rings is 1. The van der Waals surface area contributed by atoms with Crippen LogP contribution in [-0.4, -0.2) is 6.61 Å². The van der Waals surface area contributed by atoms with Crippen LogP contribution in [0.5, 0.6) is 0 Å². The van der Waals surface area contributed by atoms with Gasteiger partial charge in [0.25, 0.3) is 0 Å². The topological polar surface area (TPSA) is 9.23 Å². The molecule has 0 aliphatic heterocycles. The summed E-state index contributed by atoms with van der Waals surface area (Å²) in [4.78, 5) is 0. The van der Waals surface area contributed by atoms with E-state index < -0.39 is 0 Å². The van der Waals surface area contributed by atoms with E-state index in [1.807, 2.05) is 13.8 Å². The molecule has 1 aromatic rings. The lowest BCUT2D eigenvalue weighted by molar-refractivity contribution is 0.121. The van der Waals surface area contributed by atoms with E-state index >= 15 is 0 Å². The van der Waals surface area contributed by atoms with Crippen molar-refractivity contribution in [1.82, 2.24) is 0 Å². The van der Waals surface area contributed by atoms with Crippen molar-refractivity contribution in [2.24, 2.45) is 0 Å². The van der Waals surface area contributed by atoms with Crippen LogP contribution in [0.15, 0.2) is 24.3 Å². The summed E-state index contributed by atoms with van der Waals surface area (Å²) in [6, 6.07) is 8.34. The van der Waals surface area contributed by atoms with E-state index in [1.165, 1.54) is 11.1 Å². The summed E-state index contributed by atoms with van der Waals surface area (Å²) in [7, 11) is 0. The first-order chi connectivity index (χ1) is 6.84. The molecule has 14 heavy (non-hydrogen) atoms. The van der Waals surface area contributed by atoms with Gasteiger partial charge in [0.15, 0.2) is 0 Å². The van der Waals surface area contributed by atoms with Crippen molar-refractivity contribution in [3.63, 3.8) is 0 Å². The van der Waals surface area contributed by atoms with Gasteiger partial charge in [0.05, 0.1) is 6.61 Å². The first-order valence-corrected chi connectivity index (χ1v) is 5.47. The van der Waals surface area contributed by atoms with Crippen LogP contribution < -0.4 is 0 Å². The molecule has 0 radical (unpaired) electrons. The quantitative estimate of drug-likeness (QED) is 0.659. The van der Waals surface area contributed by atoms with Gasteiger partial charge in [0, 0.05) is 6.61 Å². The first kappa shape index (κ1) is 13.2. The normalized spacial score (nSPS) is 9.14. The van der Waals surface area contributed by atoms with Gasteiger partial charge in [0.2, 0.25) is 0 Å².